The van der Waals surface area contributed by atoms with Gasteiger partial charge in [-0.3, -0.25) is 4.79 Å². The maximum Gasteiger partial charge on any atom is 0.220 e. The molecule has 0 unspecified atom stereocenters. The minimum absolute atomic E-state index is 0.129. The summed E-state index contributed by atoms with van der Waals surface area (Å²) in [5.41, 5.74) is -0.639. The first-order valence-corrected chi connectivity index (χ1v) is 8.17. The Balaban J connectivity index is 1.64. The van der Waals surface area contributed by atoms with Gasteiger partial charge < -0.3 is 10.4 Å². The normalized spacial score (nSPS) is 24.1. The van der Waals surface area contributed by atoms with Crippen molar-refractivity contribution in [1.29, 1.82) is 0 Å². The largest absolute Gasteiger partial charge is 0.388 e. The van der Waals surface area contributed by atoms with Gasteiger partial charge in [-0.15, -0.1) is 0 Å². The number of hydrogen-bond acceptors (Lipinski definition) is 2. The van der Waals surface area contributed by atoms with Gasteiger partial charge in [0, 0.05) is 13.0 Å². The Morgan fingerprint density at radius 1 is 1.05 bits per heavy atom. The number of amides is 1. The Morgan fingerprint density at radius 3 is 2.32 bits per heavy atom. The standard InChI is InChI=1S/C16H29NO2/c18-15(10-9-14-7-3-4-8-14)17-13-16(19)11-5-1-2-6-12-16/h14,19H,1-13H2,(H,17,18). The Hall–Kier alpha value is -0.570. The van der Waals surface area contributed by atoms with Crippen LogP contribution in [0.5, 0.6) is 0 Å². The zero-order valence-electron chi connectivity index (χ0n) is 12.1. The third-order valence-electron chi connectivity index (χ3n) is 4.90. The third kappa shape index (κ3) is 5.13. The van der Waals surface area contributed by atoms with Gasteiger partial charge in [0.25, 0.3) is 0 Å². The van der Waals surface area contributed by atoms with Crippen LogP contribution < -0.4 is 5.32 Å². The lowest BCUT2D eigenvalue weighted by atomic mass is 9.94. The smallest absolute Gasteiger partial charge is 0.220 e. The fraction of sp³-hybridized carbons (Fsp3) is 0.938. The van der Waals surface area contributed by atoms with Crippen molar-refractivity contribution in [3.05, 3.63) is 0 Å². The first kappa shape index (κ1) is 14.8. The molecule has 2 rings (SSSR count). The van der Waals surface area contributed by atoms with Gasteiger partial charge in [0.05, 0.1) is 5.60 Å². The third-order valence-corrected chi connectivity index (χ3v) is 4.90. The molecular weight excluding hydrogens is 238 g/mol. The molecular formula is C16H29NO2. The molecule has 0 aromatic rings. The summed E-state index contributed by atoms with van der Waals surface area (Å²) in [5, 5.41) is 13.4. The van der Waals surface area contributed by atoms with Crippen LogP contribution in [0.25, 0.3) is 0 Å². The van der Waals surface area contributed by atoms with E-state index in [0.29, 0.717) is 13.0 Å². The van der Waals surface area contributed by atoms with Crippen molar-refractivity contribution in [2.45, 2.75) is 82.7 Å². The second-order valence-electron chi connectivity index (χ2n) is 6.60. The number of carbonyl (C=O) groups is 1. The second-order valence-corrected chi connectivity index (χ2v) is 6.60. The summed E-state index contributed by atoms with van der Waals surface area (Å²) in [6, 6.07) is 0. The van der Waals surface area contributed by atoms with Crippen LogP contribution in [0.3, 0.4) is 0 Å². The van der Waals surface area contributed by atoms with Gasteiger partial charge in [0.15, 0.2) is 0 Å². The molecule has 3 nitrogen and oxygen atoms in total. The van der Waals surface area contributed by atoms with Crippen LogP contribution in [0.4, 0.5) is 0 Å². The van der Waals surface area contributed by atoms with E-state index in [2.05, 4.69) is 5.32 Å². The molecule has 0 heterocycles. The molecule has 2 aliphatic rings. The minimum atomic E-state index is -0.639. The van der Waals surface area contributed by atoms with Gasteiger partial charge in [-0.2, -0.15) is 0 Å². The zero-order chi connectivity index (χ0) is 13.6. The van der Waals surface area contributed by atoms with Gasteiger partial charge in [-0.1, -0.05) is 51.4 Å². The van der Waals surface area contributed by atoms with Crippen LogP contribution in [0.2, 0.25) is 0 Å². The number of carbonyl (C=O) groups excluding carboxylic acids is 1. The number of rotatable bonds is 5. The molecule has 110 valence electrons. The highest BCUT2D eigenvalue weighted by Gasteiger charge is 2.28. The molecule has 2 saturated carbocycles. The first-order chi connectivity index (χ1) is 9.18. The van der Waals surface area contributed by atoms with Gasteiger partial charge in [0.1, 0.15) is 0 Å². The number of hydrogen-bond donors (Lipinski definition) is 2. The zero-order valence-corrected chi connectivity index (χ0v) is 12.1. The van der Waals surface area contributed by atoms with Gasteiger partial charge in [0.2, 0.25) is 5.91 Å². The SMILES string of the molecule is O=C(CCC1CCCC1)NCC1(O)CCCCCC1. The molecule has 2 N–H and O–H groups in total. The van der Waals surface area contributed by atoms with Gasteiger partial charge >= 0.3 is 0 Å². The highest BCUT2D eigenvalue weighted by atomic mass is 16.3. The summed E-state index contributed by atoms with van der Waals surface area (Å²) in [5.74, 6) is 0.899. The summed E-state index contributed by atoms with van der Waals surface area (Å²) in [6.07, 6.45) is 13.3. The van der Waals surface area contributed by atoms with Crippen LogP contribution in [0, 0.1) is 5.92 Å². The molecule has 0 saturated heterocycles. The van der Waals surface area contributed by atoms with E-state index in [1.165, 1.54) is 38.5 Å². The van der Waals surface area contributed by atoms with Crippen LogP contribution >= 0.6 is 0 Å². The summed E-state index contributed by atoms with van der Waals surface area (Å²) in [7, 11) is 0. The van der Waals surface area contributed by atoms with Gasteiger partial charge in [-0.05, 0) is 25.2 Å². The average molecular weight is 267 g/mol. The van der Waals surface area contributed by atoms with Crippen molar-refractivity contribution in [3.8, 4) is 0 Å². The summed E-state index contributed by atoms with van der Waals surface area (Å²) < 4.78 is 0. The van der Waals surface area contributed by atoms with E-state index in [0.717, 1.165) is 38.0 Å². The van der Waals surface area contributed by atoms with Crippen molar-refractivity contribution >= 4 is 5.91 Å². The molecule has 0 bridgehead atoms. The van der Waals surface area contributed by atoms with Gasteiger partial charge in [-0.25, -0.2) is 0 Å². The quantitative estimate of drug-likeness (QED) is 0.752. The van der Waals surface area contributed by atoms with Crippen LogP contribution in [-0.4, -0.2) is 23.2 Å². The molecule has 1 amide bonds. The van der Waals surface area contributed by atoms with E-state index in [1.807, 2.05) is 0 Å². The van der Waals surface area contributed by atoms with Crippen molar-refractivity contribution in [1.82, 2.24) is 5.32 Å². The summed E-state index contributed by atoms with van der Waals surface area (Å²) in [4.78, 5) is 11.8. The fourth-order valence-electron chi connectivity index (χ4n) is 3.55. The van der Waals surface area contributed by atoms with Crippen LogP contribution in [0.1, 0.15) is 77.0 Å². The molecule has 2 aliphatic carbocycles. The Labute approximate surface area is 117 Å². The molecule has 0 spiro atoms. The highest BCUT2D eigenvalue weighted by Crippen LogP contribution is 2.29. The summed E-state index contributed by atoms with van der Waals surface area (Å²) >= 11 is 0. The molecule has 3 heteroatoms. The van der Waals surface area contributed by atoms with Crippen molar-refractivity contribution < 1.29 is 9.90 Å². The Morgan fingerprint density at radius 2 is 1.68 bits per heavy atom. The van der Waals surface area contributed by atoms with E-state index >= 15 is 0 Å². The van der Waals surface area contributed by atoms with E-state index in [1.54, 1.807) is 0 Å². The molecule has 19 heavy (non-hydrogen) atoms. The number of aliphatic hydroxyl groups is 1. The lowest BCUT2D eigenvalue weighted by Crippen LogP contribution is -2.42. The molecule has 0 aromatic heterocycles. The molecule has 0 aliphatic heterocycles. The predicted octanol–water partition coefficient (Wildman–Crippen LogP) is 3.16. The van der Waals surface area contributed by atoms with Crippen molar-refractivity contribution in [3.63, 3.8) is 0 Å². The lowest BCUT2D eigenvalue weighted by molar-refractivity contribution is -0.122. The molecule has 0 aromatic carbocycles. The second kappa shape index (κ2) is 7.28. The summed E-state index contributed by atoms with van der Waals surface area (Å²) in [6.45, 7) is 0.455. The average Bonchev–Trinajstić information content (AvgIpc) is 2.83. The molecule has 2 fully saturated rings. The molecule has 0 radical (unpaired) electrons. The maximum atomic E-state index is 11.8. The molecule has 0 atom stereocenters. The van der Waals surface area contributed by atoms with Crippen LogP contribution in [0.15, 0.2) is 0 Å². The lowest BCUT2D eigenvalue weighted by Gasteiger charge is -2.26. The van der Waals surface area contributed by atoms with Crippen LogP contribution in [-0.2, 0) is 4.79 Å². The highest BCUT2D eigenvalue weighted by molar-refractivity contribution is 5.75. The minimum Gasteiger partial charge on any atom is -0.388 e. The maximum absolute atomic E-state index is 11.8. The Kier molecular flexibility index (Phi) is 5.68. The van der Waals surface area contributed by atoms with E-state index in [9.17, 15) is 9.90 Å². The van der Waals surface area contributed by atoms with Crippen molar-refractivity contribution in [2.24, 2.45) is 5.92 Å². The Bertz CT molecular complexity index is 276. The van der Waals surface area contributed by atoms with E-state index in [4.69, 9.17) is 0 Å². The van der Waals surface area contributed by atoms with E-state index < -0.39 is 5.60 Å². The monoisotopic (exact) mass is 267 g/mol. The fourth-order valence-corrected chi connectivity index (χ4v) is 3.55. The number of nitrogens with one attached hydrogen (secondary N) is 1. The van der Waals surface area contributed by atoms with Crippen molar-refractivity contribution in [2.75, 3.05) is 6.54 Å². The first-order valence-electron chi connectivity index (χ1n) is 8.17. The van der Waals surface area contributed by atoms with E-state index in [-0.39, 0.29) is 5.91 Å². The predicted molar refractivity (Wildman–Crippen MR) is 76.9 cm³/mol. The topological polar surface area (TPSA) is 49.3 Å².